The summed E-state index contributed by atoms with van der Waals surface area (Å²) in [4.78, 5) is 80.9. The number of nitrogens with one attached hydrogen (secondary N) is 5. The third-order valence-electron chi connectivity index (χ3n) is 9.88. The highest BCUT2D eigenvalue weighted by Gasteiger charge is 2.41. The minimum Gasteiger partial charge on any atom is -0.356 e. The van der Waals surface area contributed by atoms with Gasteiger partial charge in [-0.3, -0.25) is 28.8 Å². The van der Waals surface area contributed by atoms with Gasteiger partial charge in [0.1, 0.15) is 17.3 Å². The van der Waals surface area contributed by atoms with Crippen molar-refractivity contribution in [2.75, 3.05) is 58.9 Å². The molecule has 0 rings (SSSR count). The molecule has 0 aromatic carbocycles. The number of hydrogen-bond donors (Lipinski definition) is 7. The van der Waals surface area contributed by atoms with Gasteiger partial charge in [0, 0.05) is 113 Å². The van der Waals surface area contributed by atoms with Crippen LogP contribution in [0.1, 0.15) is 132 Å². The van der Waals surface area contributed by atoms with Crippen LogP contribution in [0, 0.1) is 28.6 Å². The van der Waals surface area contributed by atoms with Crippen molar-refractivity contribution in [3.8, 4) is 0 Å². The summed E-state index contributed by atoms with van der Waals surface area (Å²) < 4.78 is 0. The summed E-state index contributed by atoms with van der Waals surface area (Å²) in [7, 11) is 0. The zero-order valence-corrected chi connectivity index (χ0v) is 34.4. The molecule has 3 atom stereocenters. The molecule has 0 radical (unpaired) electrons. The Morgan fingerprint density at radius 2 is 1.08 bits per heavy atom. The van der Waals surface area contributed by atoms with Gasteiger partial charge in [0.05, 0.1) is 0 Å². The van der Waals surface area contributed by atoms with Gasteiger partial charge in [-0.05, 0) is 32.1 Å². The number of hydrogen-bond acceptors (Lipinski definition) is 10. The molecule has 0 saturated carbocycles. The lowest BCUT2D eigenvalue weighted by atomic mass is 9.70. The Morgan fingerprint density at radius 3 is 1.62 bits per heavy atom. The first-order valence-electron chi connectivity index (χ1n) is 20.3. The van der Waals surface area contributed by atoms with E-state index in [0.29, 0.717) is 71.7 Å². The Kier molecular flexibility index (Phi) is 27.2. The van der Waals surface area contributed by atoms with Gasteiger partial charge < -0.3 is 38.1 Å². The van der Waals surface area contributed by atoms with E-state index in [4.69, 9.17) is 11.5 Å². The maximum atomic E-state index is 14.1. The van der Waals surface area contributed by atoms with Crippen molar-refractivity contribution in [1.82, 2.24) is 26.6 Å². The molecule has 13 heteroatoms. The lowest BCUT2D eigenvalue weighted by Gasteiger charge is -2.33. The highest BCUT2D eigenvalue weighted by Crippen LogP contribution is 2.37. The average molecular weight is 752 g/mol. The van der Waals surface area contributed by atoms with Crippen molar-refractivity contribution in [2.24, 2.45) is 40.1 Å². The number of carbonyl (C=O) groups excluding carboxylic acids is 6. The SMILES string of the molecule is CCCCCCC(=O)CC(CC)C(=O)C(C)(C)CC(CC(=O)C(C)(C)CC(CC(=O)NCCNCCN)C(=O)NCCCC)C(=O)NCCNCCN. The number of Topliss-reactive ketones (excluding diaryl/α,β-unsaturated/α-hetero) is 3. The van der Waals surface area contributed by atoms with Crippen molar-refractivity contribution in [1.29, 1.82) is 0 Å². The predicted octanol–water partition coefficient (Wildman–Crippen LogP) is 3.17. The van der Waals surface area contributed by atoms with Crippen LogP contribution >= 0.6 is 0 Å². The molecule has 0 bridgehead atoms. The second kappa shape index (κ2) is 28.7. The van der Waals surface area contributed by atoms with Crippen molar-refractivity contribution in [2.45, 2.75) is 132 Å². The molecule has 0 heterocycles. The largest absolute Gasteiger partial charge is 0.356 e. The van der Waals surface area contributed by atoms with Crippen LogP contribution in [0.5, 0.6) is 0 Å². The smallest absolute Gasteiger partial charge is 0.223 e. The van der Waals surface area contributed by atoms with E-state index in [1.54, 1.807) is 27.7 Å². The molecular weight excluding hydrogens is 674 g/mol. The lowest BCUT2D eigenvalue weighted by Crippen LogP contribution is -2.43. The van der Waals surface area contributed by atoms with Crippen molar-refractivity contribution in [3.05, 3.63) is 0 Å². The molecule has 0 aliphatic carbocycles. The topological polar surface area (TPSA) is 215 Å². The molecule has 13 nitrogen and oxygen atoms in total. The van der Waals surface area contributed by atoms with E-state index in [1.165, 1.54) is 0 Å². The molecule has 0 saturated heterocycles. The van der Waals surface area contributed by atoms with Gasteiger partial charge in [-0.1, -0.05) is 74.1 Å². The minimum absolute atomic E-state index is 0.0796. The summed E-state index contributed by atoms with van der Waals surface area (Å²) in [6, 6.07) is 0. The molecule has 53 heavy (non-hydrogen) atoms. The van der Waals surface area contributed by atoms with Gasteiger partial charge in [-0.25, -0.2) is 0 Å². The number of carbonyl (C=O) groups is 6. The maximum absolute atomic E-state index is 14.1. The molecule has 3 amide bonds. The Balaban J connectivity index is 6.06. The molecule has 308 valence electrons. The van der Waals surface area contributed by atoms with Crippen LogP contribution in [0.4, 0.5) is 0 Å². The van der Waals surface area contributed by atoms with Gasteiger partial charge in [-0.2, -0.15) is 0 Å². The summed E-state index contributed by atoms with van der Waals surface area (Å²) in [6.45, 7) is 17.5. The Morgan fingerprint density at radius 1 is 0.547 bits per heavy atom. The van der Waals surface area contributed by atoms with Crippen LogP contribution in [0.25, 0.3) is 0 Å². The Hall–Kier alpha value is -2.74. The predicted molar refractivity (Wildman–Crippen MR) is 213 cm³/mol. The fraction of sp³-hybridized carbons (Fsp3) is 0.850. The standard InChI is InChI=1S/C40H77N7O6/c1-8-11-13-14-15-33(48)25-30(10-3)36(51)40(6,7)29-31(37(52)47-24-22-44-20-17-42)26-34(49)39(4,5)28-32(38(53)46-18-12-9-2)27-35(50)45-23-21-43-19-16-41/h30-32,43-44H,8-29,41-42H2,1-7H3,(H,45,50)(H,46,53)(H,47,52). The zero-order chi connectivity index (χ0) is 40.3. The van der Waals surface area contributed by atoms with E-state index in [2.05, 4.69) is 33.5 Å². The molecule has 3 unspecified atom stereocenters. The van der Waals surface area contributed by atoms with E-state index in [-0.39, 0.29) is 67.2 Å². The number of nitrogens with two attached hydrogens (primary N) is 2. The quantitative estimate of drug-likeness (QED) is 0.0477. The molecule has 0 aromatic rings. The van der Waals surface area contributed by atoms with Gasteiger partial charge in [-0.15, -0.1) is 0 Å². The molecule has 9 N–H and O–H groups in total. The highest BCUT2D eigenvalue weighted by atomic mass is 16.2. The van der Waals surface area contributed by atoms with Gasteiger partial charge in [0.25, 0.3) is 0 Å². The lowest BCUT2D eigenvalue weighted by molar-refractivity contribution is -0.140. The molecule has 0 aromatic heterocycles. The first-order chi connectivity index (χ1) is 25.1. The highest BCUT2D eigenvalue weighted by molar-refractivity contribution is 5.93. The number of amides is 3. The minimum atomic E-state index is -1.05. The summed E-state index contributed by atoms with van der Waals surface area (Å²) in [5.41, 5.74) is 9.04. The monoisotopic (exact) mass is 752 g/mol. The molecule has 0 aliphatic rings. The first kappa shape index (κ1) is 50.3. The first-order valence-corrected chi connectivity index (χ1v) is 20.3. The van der Waals surface area contributed by atoms with E-state index in [0.717, 1.165) is 38.5 Å². The van der Waals surface area contributed by atoms with Gasteiger partial charge >= 0.3 is 0 Å². The van der Waals surface area contributed by atoms with Crippen molar-refractivity contribution in [3.63, 3.8) is 0 Å². The van der Waals surface area contributed by atoms with Crippen molar-refractivity contribution >= 4 is 35.1 Å². The Labute approximate surface area is 320 Å². The summed E-state index contributed by atoms with van der Waals surface area (Å²) in [5.74, 6) is -3.17. The number of unbranched alkanes of at least 4 members (excludes halogenated alkanes) is 4. The van der Waals surface area contributed by atoms with Crippen LogP contribution in [0.2, 0.25) is 0 Å². The molecule has 0 aliphatic heterocycles. The van der Waals surface area contributed by atoms with E-state index in [1.807, 2.05) is 13.8 Å². The number of ketones is 3. The third kappa shape index (κ3) is 22.3. The normalized spacial score (nSPS) is 13.5. The van der Waals surface area contributed by atoms with Gasteiger partial charge in [0.2, 0.25) is 17.7 Å². The van der Waals surface area contributed by atoms with Crippen molar-refractivity contribution < 1.29 is 28.8 Å². The summed E-state index contributed by atoms with van der Waals surface area (Å²) in [5, 5.41) is 14.9. The maximum Gasteiger partial charge on any atom is 0.223 e. The molecule has 0 spiro atoms. The fourth-order valence-electron chi connectivity index (χ4n) is 6.55. The molecule has 0 fully saturated rings. The van der Waals surface area contributed by atoms with Crippen LogP contribution in [0.15, 0.2) is 0 Å². The summed E-state index contributed by atoms with van der Waals surface area (Å²) >= 11 is 0. The average Bonchev–Trinajstić information content (AvgIpc) is 3.11. The van der Waals surface area contributed by atoms with Crippen LogP contribution < -0.4 is 38.1 Å². The van der Waals surface area contributed by atoms with Gasteiger partial charge in [0.15, 0.2) is 0 Å². The zero-order valence-electron chi connectivity index (χ0n) is 34.4. The second-order valence-corrected chi connectivity index (χ2v) is 15.8. The molecular formula is C40H77N7O6. The van der Waals surface area contributed by atoms with E-state index in [9.17, 15) is 28.8 Å². The second-order valence-electron chi connectivity index (χ2n) is 15.8. The van der Waals surface area contributed by atoms with E-state index < -0.39 is 28.6 Å². The van der Waals surface area contributed by atoms with Crippen LogP contribution in [-0.4, -0.2) is 94.0 Å². The van der Waals surface area contributed by atoms with E-state index >= 15 is 0 Å². The fourth-order valence-corrected chi connectivity index (χ4v) is 6.55. The Bertz CT molecular complexity index is 1100. The summed E-state index contributed by atoms with van der Waals surface area (Å²) in [6.07, 6.45) is 6.83. The van der Waals surface area contributed by atoms with Crippen LogP contribution in [-0.2, 0) is 28.8 Å². The third-order valence-corrected chi connectivity index (χ3v) is 9.88. The number of rotatable bonds is 34. The van der Waals surface area contributed by atoms with Crippen LogP contribution in [0.3, 0.4) is 0 Å².